The molecule has 0 amide bonds. The van der Waals surface area contributed by atoms with Crippen LogP contribution in [0.15, 0.2) is 18.2 Å². The lowest BCUT2D eigenvalue weighted by molar-refractivity contribution is -0.182. The summed E-state index contributed by atoms with van der Waals surface area (Å²) >= 11 is 0. The summed E-state index contributed by atoms with van der Waals surface area (Å²) in [5.74, 6) is -1.70. The van der Waals surface area contributed by atoms with Gasteiger partial charge in [-0.2, -0.15) is 0 Å². The molecule has 146 valence electrons. The second-order valence-corrected chi connectivity index (χ2v) is 8.31. The molecule has 0 radical (unpaired) electrons. The number of benzene rings is 1. The van der Waals surface area contributed by atoms with Crippen molar-refractivity contribution in [2.75, 3.05) is 7.11 Å². The van der Waals surface area contributed by atoms with E-state index in [-0.39, 0.29) is 11.7 Å². The number of hydrogen-bond donors (Lipinski definition) is 2. The molecule has 2 N–H and O–H groups in total. The van der Waals surface area contributed by atoms with Crippen molar-refractivity contribution < 1.29 is 24.1 Å². The first-order chi connectivity index (χ1) is 12.1. The van der Waals surface area contributed by atoms with Gasteiger partial charge in [-0.15, -0.1) is 0 Å². The number of carboxylic acids is 1. The number of rotatable bonds is 7. The van der Waals surface area contributed by atoms with E-state index in [0.717, 1.165) is 32.1 Å². The van der Waals surface area contributed by atoms with Gasteiger partial charge in [0.1, 0.15) is 11.6 Å². The van der Waals surface area contributed by atoms with Crippen LogP contribution in [-0.4, -0.2) is 28.9 Å². The SMILES string of the molecule is COc1ccc(F)cc1CC(C)(C)C(C)C(O)(C(=O)O)C1CCCCC1. The molecule has 1 aliphatic carbocycles. The first kappa shape index (κ1) is 20.7. The molecule has 26 heavy (non-hydrogen) atoms. The van der Waals surface area contributed by atoms with Crippen LogP contribution in [0.3, 0.4) is 0 Å². The quantitative estimate of drug-likeness (QED) is 0.749. The van der Waals surface area contributed by atoms with Crippen LogP contribution in [0.25, 0.3) is 0 Å². The molecule has 1 aromatic rings. The van der Waals surface area contributed by atoms with E-state index >= 15 is 0 Å². The van der Waals surface area contributed by atoms with Gasteiger partial charge in [0.25, 0.3) is 0 Å². The topological polar surface area (TPSA) is 66.8 Å². The number of carbonyl (C=O) groups is 1. The predicted molar refractivity (Wildman–Crippen MR) is 98.8 cm³/mol. The Balaban J connectivity index is 2.33. The van der Waals surface area contributed by atoms with Gasteiger partial charge in [0.2, 0.25) is 0 Å². The van der Waals surface area contributed by atoms with E-state index in [0.29, 0.717) is 17.7 Å². The van der Waals surface area contributed by atoms with Gasteiger partial charge in [0, 0.05) is 5.92 Å². The first-order valence-electron chi connectivity index (χ1n) is 9.41. The highest BCUT2D eigenvalue weighted by Crippen LogP contribution is 2.46. The van der Waals surface area contributed by atoms with Crippen molar-refractivity contribution in [3.8, 4) is 5.75 Å². The number of methoxy groups -OCH3 is 1. The minimum absolute atomic E-state index is 0.252. The highest BCUT2D eigenvalue weighted by Gasteiger charge is 2.53. The molecule has 2 rings (SSSR count). The third-order valence-electron chi connectivity index (χ3n) is 6.29. The van der Waals surface area contributed by atoms with Crippen molar-refractivity contribution in [1.29, 1.82) is 0 Å². The summed E-state index contributed by atoms with van der Waals surface area (Å²) in [6.45, 7) is 5.66. The Bertz CT molecular complexity index is 637. The van der Waals surface area contributed by atoms with Gasteiger partial charge in [0.15, 0.2) is 5.60 Å². The van der Waals surface area contributed by atoms with Crippen LogP contribution in [0.1, 0.15) is 58.4 Å². The lowest BCUT2D eigenvalue weighted by Crippen LogP contribution is -2.56. The molecule has 0 aliphatic heterocycles. The largest absolute Gasteiger partial charge is 0.496 e. The van der Waals surface area contributed by atoms with Crippen molar-refractivity contribution in [3.05, 3.63) is 29.6 Å². The van der Waals surface area contributed by atoms with E-state index in [1.807, 2.05) is 13.8 Å². The van der Waals surface area contributed by atoms with Crippen LogP contribution >= 0.6 is 0 Å². The summed E-state index contributed by atoms with van der Waals surface area (Å²) in [4.78, 5) is 12.1. The molecule has 2 unspecified atom stereocenters. The third kappa shape index (κ3) is 4.03. The molecule has 4 nitrogen and oxygen atoms in total. The van der Waals surface area contributed by atoms with Gasteiger partial charge < -0.3 is 14.9 Å². The lowest BCUT2D eigenvalue weighted by Gasteiger charge is -2.46. The Morgan fingerprint density at radius 2 is 1.92 bits per heavy atom. The highest BCUT2D eigenvalue weighted by atomic mass is 19.1. The smallest absolute Gasteiger partial charge is 0.336 e. The monoisotopic (exact) mass is 366 g/mol. The number of aliphatic carboxylic acids is 1. The molecule has 1 fully saturated rings. The normalized spacial score (nSPS) is 19.6. The van der Waals surface area contributed by atoms with Gasteiger partial charge in [-0.1, -0.05) is 40.0 Å². The Kier molecular flexibility index (Phi) is 6.33. The molecule has 2 atom stereocenters. The van der Waals surface area contributed by atoms with E-state index < -0.39 is 22.9 Å². The van der Waals surface area contributed by atoms with Crippen LogP contribution in [0, 0.1) is 23.1 Å². The predicted octanol–water partition coefficient (Wildman–Crippen LogP) is 4.44. The van der Waals surface area contributed by atoms with Gasteiger partial charge >= 0.3 is 5.97 Å². The second-order valence-electron chi connectivity index (χ2n) is 8.31. The summed E-state index contributed by atoms with van der Waals surface area (Å²) in [6.07, 6.45) is 4.86. The van der Waals surface area contributed by atoms with E-state index in [4.69, 9.17) is 4.74 Å². The highest BCUT2D eigenvalue weighted by molar-refractivity contribution is 5.78. The molecule has 1 saturated carbocycles. The molecule has 0 aromatic heterocycles. The maximum Gasteiger partial charge on any atom is 0.336 e. The summed E-state index contributed by atoms with van der Waals surface area (Å²) < 4.78 is 19.0. The summed E-state index contributed by atoms with van der Waals surface area (Å²) in [5, 5.41) is 21.2. The number of halogens is 1. The zero-order chi connectivity index (χ0) is 19.5. The molecule has 0 bridgehead atoms. The summed E-state index contributed by atoms with van der Waals surface area (Å²) in [6, 6.07) is 4.35. The minimum Gasteiger partial charge on any atom is -0.496 e. The average Bonchev–Trinajstić information content (AvgIpc) is 2.60. The number of aliphatic hydroxyl groups is 1. The minimum atomic E-state index is -1.79. The maximum atomic E-state index is 13.7. The Hall–Kier alpha value is -1.62. The van der Waals surface area contributed by atoms with E-state index in [2.05, 4.69) is 0 Å². The fourth-order valence-electron chi connectivity index (χ4n) is 4.38. The van der Waals surface area contributed by atoms with Crippen molar-refractivity contribution >= 4 is 5.97 Å². The number of ether oxygens (including phenoxy) is 1. The van der Waals surface area contributed by atoms with Crippen LogP contribution in [0.2, 0.25) is 0 Å². The molecule has 0 spiro atoms. The van der Waals surface area contributed by atoms with E-state index in [9.17, 15) is 19.4 Å². The van der Waals surface area contributed by atoms with Crippen molar-refractivity contribution in [2.45, 2.75) is 64.9 Å². The fourth-order valence-corrected chi connectivity index (χ4v) is 4.38. The van der Waals surface area contributed by atoms with Gasteiger partial charge in [-0.25, -0.2) is 9.18 Å². The van der Waals surface area contributed by atoms with Crippen molar-refractivity contribution in [1.82, 2.24) is 0 Å². The number of carboxylic acid groups (broad SMARTS) is 1. The van der Waals surface area contributed by atoms with Gasteiger partial charge in [0.05, 0.1) is 7.11 Å². The van der Waals surface area contributed by atoms with Gasteiger partial charge in [-0.3, -0.25) is 0 Å². The van der Waals surface area contributed by atoms with E-state index in [1.165, 1.54) is 19.2 Å². The molecular formula is C21H31FO4. The van der Waals surface area contributed by atoms with Crippen molar-refractivity contribution in [2.24, 2.45) is 17.3 Å². The zero-order valence-electron chi connectivity index (χ0n) is 16.2. The van der Waals surface area contributed by atoms with Crippen LogP contribution in [0.4, 0.5) is 4.39 Å². The molecule has 0 heterocycles. The molecule has 0 saturated heterocycles. The summed E-state index contributed by atoms with van der Waals surface area (Å²) in [7, 11) is 1.53. The van der Waals surface area contributed by atoms with Gasteiger partial charge in [-0.05, 0) is 54.4 Å². The second kappa shape index (κ2) is 7.95. The molecule has 1 aromatic carbocycles. The van der Waals surface area contributed by atoms with Crippen LogP contribution in [0.5, 0.6) is 5.75 Å². The average molecular weight is 366 g/mol. The summed E-state index contributed by atoms with van der Waals surface area (Å²) in [5.41, 5.74) is -1.67. The third-order valence-corrected chi connectivity index (χ3v) is 6.29. The Morgan fingerprint density at radius 3 is 2.46 bits per heavy atom. The van der Waals surface area contributed by atoms with Crippen LogP contribution in [-0.2, 0) is 11.2 Å². The first-order valence-corrected chi connectivity index (χ1v) is 9.41. The Morgan fingerprint density at radius 1 is 1.31 bits per heavy atom. The molecule has 1 aliphatic rings. The lowest BCUT2D eigenvalue weighted by atomic mass is 9.61. The number of hydrogen-bond acceptors (Lipinski definition) is 3. The van der Waals surface area contributed by atoms with Crippen molar-refractivity contribution in [3.63, 3.8) is 0 Å². The standard InChI is InChI=1S/C21H31FO4/c1-14(21(25,19(23)24)16-8-6-5-7-9-16)20(2,3)13-15-12-17(22)10-11-18(15)26-4/h10-12,14,16,25H,5-9,13H2,1-4H3,(H,23,24). The Labute approximate surface area is 155 Å². The fraction of sp³-hybridized carbons (Fsp3) is 0.667. The maximum absolute atomic E-state index is 13.7. The van der Waals surface area contributed by atoms with Crippen LogP contribution < -0.4 is 4.74 Å². The molecular weight excluding hydrogens is 335 g/mol. The molecule has 5 heteroatoms. The van der Waals surface area contributed by atoms with E-state index in [1.54, 1.807) is 13.0 Å². The zero-order valence-corrected chi connectivity index (χ0v) is 16.2.